The van der Waals surface area contributed by atoms with Crippen LogP contribution in [0.3, 0.4) is 0 Å². The predicted molar refractivity (Wildman–Crippen MR) is 64.0 cm³/mol. The normalized spacial score (nSPS) is 25.9. The molecule has 1 N–H and O–H groups in total. The lowest BCUT2D eigenvalue weighted by molar-refractivity contribution is 0.162. The number of hydrogen-bond acceptors (Lipinski definition) is 3. The van der Waals surface area contributed by atoms with E-state index in [9.17, 15) is 5.11 Å². The summed E-state index contributed by atoms with van der Waals surface area (Å²) in [4.78, 5) is 6.34. The average Bonchev–Trinajstić information content (AvgIpc) is 2.63. The largest absolute Gasteiger partial charge is 0.396 e. The molecule has 1 fully saturated rings. The van der Waals surface area contributed by atoms with Gasteiger partial charge in [-0.15, -0.1) is 0 Å². The third-order valence-corrected chi connectivity index (χ3v) is 3.64. The predicted octanol–water partition coefficient (Wildman–Crippen LogP) is 2.05. The maximum Gasteiger partial charge on any atom is 0.0592 e. The Hall–Kier alpha value is -0.610. The Kier molecular flexibility index (Phi) is 2.98. The molecular weight excluding hydrogens is 256 g/mol. The molecule has 1 atom stereocenters. The summed E-state index contributed by atoms with van der Waals surface area (Å²) in [5.41, 5.74) is 1.21. The van der Waals surface area contributed by atoms with Crippen molar-refractivity contribution in [1.82, 2.24) is 4.98 Å². The summed E-state index contributed by atoms with van der Waals surface area (Å²) in [5.74, 6) is 0. The summed E-state index contributed by atoms with van der Waals surface area (Å²) >= 11 is 3.50. The van der Waals surface area contributed by atoms with Crippen molar-refractivity contribution in [3.05, 3.63) is 22.9 Å². The van der Waals surface area contributed by atoms with E-state index in [0.29, 0.717) is 0 Å². The van der Waals surface area contributed by atoms with Crippen LogP contribution in [0.15, 0.2) is 22.9 Å². The van der Waals surface area contributed by atoms with Crippen molar-refractivity contribution in [3.63, 3.8) is 0 Å². The highest BCUT2D eigenvalue weighted by Gasteiger charge is 2.33. The van der Waals surface area contributed by atoms with Gasteiger partial charge in [0.05, 0.1) is 16.8 Å². The van der Waals surface area contributed by atoms with Crippen LogP contribution in [0, 0.1) is 5.41 Å². The highest BCUT2D eigenvalue weighted by Crippen LogP contribution is 2.35. The maximum atomic E-state index is 9.31. The molecule has 2 heterocycles. The second-order valence-electron chi connectivity index (χ2n) is 4.47. The Labute approximate surface area is 98.3 Å². The van der Waals surface area contributed by atoms with Crippen LogP contribution in [0.25, 0.3) is 0 Å². The molecule has 1 saturated heterocycles. The first-order chi connectivity index (χ1) is 7.14. The van der Waals surface area contributed by atoms with Gasteiger partial charge in [0, 0.05) is 30.9 Å². The molecule has 0 radical (unpaired) electrons. The van der Waals surface area contributed by atoms with Gasteiger partial charge in [-0.2, -0.15) is 0 Å². The van der Waals surface area contributed by atoms with E-state index in [2.05, 4.69) is 32.7 Å². The lowest BCUT2D eigenvalue weighted by Crippen LogP contribution is -2.27. The molecule has 3 nitrogen and oxygen atoms in total. The molecule has 0 aromatic carbocycles. The van der Waals surface area contributed by atoms with Crippen molar-refractivity contribution in [3.8, 4) is 0 Å². The zero-order valence-electron chi connectivity index (χ0n) is 8.78. The van der Waals surface area contributed by atoms with Crippen LogP contribution in [-0.4, -0.2) is 29.8 Å². The minimum absolute atomic E-state index is 0.0444. The summed E-state index contributed by atoms with van der Waals surface area (Å²) in [6, 6.07) is 2.01. The highest BCUT2D eigenvalue weighted by molar-refractivity contribution is 9.10. The topological polar surface area (TPSA) is 36.4 Å². The zero-order chi connectivity index (χ0) is 10.9. The van der Waals surface area contributed by atoms with Gasteiger partial charge in [0.1, 0.15) is 0 Å². The molecule has 1 aliphatic heterocycles. The number of anilines is 1. The summed E-state index contributed by atoms with van der Waals surface area (Å²) in [6.07, 6.45) is 4.65. The summed E-state index contributed by atoms with van der Waals surface area (Å²) in [7, 11) is 0. The van der Waals surface area contributed by atoms with E-state index < -0.39 is 0 Å². The third-order valence-electron chi connectivity index (χ3n) is 3.03. The number of halogens is 1. The van der Waals surface area contributed by atoms with Crippen molar-refractivity contribution < 1.29 is 5.11 Å². The molecule has 1 aromatic heterocycles. The number of nitrogens with zero attached hydrogens (tertiary/aromatic N) is 2. The highest BCUT2D eigenvalue weighted by atomic mass is 79.9. The Morgan fingerprint density at radius 1 is 1.67 bits per heavy atom. The second kappa shape index (κ2) is 4.10. The van der Waals surface area contributed by atoms with Crippen molar-refractivity contribution in [2.24, 2.45) is 5.41 Å². The Morgan fingerprint density at radius 3 is 3.07 bits per heavy atom. The molecule has 2 rings (SSSR count). The standard InChI is InChI=1S/C11H15BrN2O/c1-11(8-15)3-5-14(7-11)10-2-4-13-6-9(10)12/h2,4,6,15H,3,5,7-8H2,1H3. The summed E-state index contributed by atoms with van der Waals surface area (Å²) in [5, 5.41) is 9.31. The maximum absolute atomic E-state index is 9.31. The molecule has 0 amide bonds. The molecule has 1 aromatic rings. The molecule has 0 bridgehead atoms. The number of aliphatic hydroxyl groups excluding tert-OH is 1. The quantitative estimate of drug-likeness (QED) is 0.894. The average molecular weight is 271 g/mol. The van der Waals surface area contributed by atoms with Crippen molar-refractivity contribution in [1.29, 1.82) is 0 Å². The first-order valence-corrected chi connectivity index (χ1v) is 5.89. The van der Waals surface area contributed by atoms with Gasteiger partial charge in [0.25, 0.3) is 0 Å². The van der Waals surface area contributed by atoms with Gasteiger partial charge in [-0.3, -0.25) is 4.98 Å². The van der Waals surface area contributed by atoms with Gasteiger partial charge in [-0.05, 0) is 28.4 Å². The molecular formula is C11H15BrN2O. The van der Waals surface area contributed by atoms with Gasteiger partial charge in [0.15, 0.2) is 0 Å². The van der Waals surface area contributed by atoms with Crippen LogP contribution in [0.1, 0.15) is 13.3 Å². The van der Waals surface area contributed by atoms with Gasteiger partial charge < -0.3 is 10.0 Å². The van der Waals surface area contributed by atoms with Crippen LogP contribution in [0.5, 0.6) is 0 Å². The van der Waals surface area contributed by atoms with E-state index >= 15 is 0 Å². The fourth-order valence-corrected chi connectivity index (χ4v) is 2.48. The fraction of sp³-hybridized carbons (Fsp3) is 0.545. The Morgan fingerprint density at radius 2 is 2.47 bits per heavy atom. The molecule has 15 heavy (non-hydrogen) atoms. The van der Waals surface area contributed by atoms with E-state index in [4.69, 9.17) is 0 Å². The second-order valence-corrected chi connectivity index (χ2v) is 5.32. The number of aromatic nitrogens is 1. The van der Waals surface area contributed by atoms with E-state index in [1.165, 1.54) is 5.69 Å². The van der Waals surface area contributed by atoms with E-state index in [1.54, 1.807) is 6.20 Å². The molecule has 1 aliphatic rings. The number of hydrogen-bond donors (Lipinski definition) is 1. The van der Waals surface area contributed by atoms with Gasteiger partial charge in [-0.25, -0.2) is 0 Å². The minimum atomic E-state index is 0.0444. The molecule has 1 unspecified atom stereocenters. The molecule has 82 valence electrons. The lowest BCUT2D eigenvalue weighted by Gasteiger charge is -2.23. The molecule has 0 aliphatic carbocycles. The van der Waals surface area contributed by atoms with E-state index in [1.807, 2.05) is 12.3 Å². The van der Waals surface area contributed by atoms with Crippen LogP contribution in [0.4, 0.5) is 5.69 Å². The Bertz CT molecular complexity index is 358. The van der Waals surface area contributed by atoms with E-state index in [-0.39, 0.29) is 12.0 Å². The van der Waals surface area contributed by atoms with Crippen molar-refractivity contribution in [2.45, 2.75) is 13.3 Å². The monoisotopic (exact) mass is 270 g/mol. The van der Waals surface area contributed by atoms with Gasteiger partial charge in [-0.1, -0.05) is 6.92 Å². The first kappa shape index (κ1) is 10.9. The third kappa shape index (κ3) is 2.16. The molecule has 4 heteroatoms. The SMILES string of the molecule is CC1(CO)CCN(c2ccncc2Br)C1. The van der Waals surface area contributed by atoms with E-state index in [0.717, 1.165) is 24.0 Å². The first-order valence-electron chi connectivity index (χ1n) is 5.10. The number of pyridine rings is 1. The summed E-state index contributed by atoms with van der Waals surface area (Å²) < 4.78 is 1.02. The van der Waals surface area contributed by atoms with Crippen LogP contribution >= 0.6 is 15.9 Å². The molecule has 0 saturated carbocycles. The van der Waals surface area contributed by atoms with Crippen LogP contribution < -0.4 is 4.90 Å². The zero-order valence-corrected chi connectivity index (χ0v) is 10.4. The van der Waals surface area contributed by atoms with Crippen molar-refractivity contribution >= 4 is 21.6 Å². The van der Waals surface area contributed by atoms with Gasteiger partial charge >= 0.3 is 0 Å². The lowest BCUT2D eigenvalue weighted by atomic mass is 9.91. The van der Waals surface area contributed by atoms with Crippen molar-refractivity contribution in [2.75, 3.05) is 24.6 Å². The van der Waals surface area contributed by atoms with Gasteiger partial charge in [0.2, 0.25) is 0 Å². The molecule has 0 spiro atoms. The van der Waals surface area contributed by atoms with Crippen LogP contribution in [-0.2, 0) is 0 Å². The fourth-order valence-electron chi connectivity index (χ4n) is 1.98. The smallest absolute Gasteiger partial charge is 0.0592 e. The number of rotatable bonds is 2. The Balaban J connectivity index is 2.18. The minimum Gasteiger partial charge on any atom is -0.396 e. The summed E-state index contributed by atoms with van der Waals surface area (Å²) in [6.45, 7) is 4.29. The number of aliphatic hydroxyl groups is 1. The van der Waals surface area contributed by atoms with Crippen LogP contribution in [0.2, 0.25) is 0 Å².